The van der Waals surface area contributed by atoms with Crippen LogP contribution in [0.25, 0.3) is 10.6 Å². The van der Waals surface area contributed by atoms with Gasteiger partial charge in [-0.1, -0.05) is 35.9 Å². The van der Waals surface area contributed by atoms with E-state index in [1.807, 2.05) is 55.6 Å². The summed E-state index contributed by atoms with van der Waals surface area (Å²) in [5.41, 5.74) is 2.96. The third kappa shape index (κ3) is 5.18. The molecule has 2 aromatic carbocycles. The molecule has 3 rings (SSSR count). The van der Waals surface area contributed by atoms with Crippen LogP contribution in [-0.2, 0) is 9.53 Å². The average Bonchev–Trinajstić information content (AvgIpc) is 3.17. The Hall–Kier alpha value is -2.64. The van der Waals surface area contributed by atoms with Crippen LogP contribution in [0.1, 0.15) is 16.1 Å². The molecule has 7 heteroatoms. The number of carbonyl (C=O) groups is 2. The lowest BCUT2D eigenvalue weighted by Gasteiger charge is -2.06. The number of nitrogens with one attached hydrogen (secondary N) is 1. The summed E-state index contributed by atoms with van der Waals surface area (Å²) in [6.07, 6.45) is 1.96. The van der Waals surface area contributed by atoms with Crippen LogP contribution in [0.2, 0.25) is 0 Å². The number of benzene rings is 2. The summed E-state index contributed by atoms with van der Waals surface area (Å²) in [6.45, 7) is 1.65. The predicted octanol–water partition coefficient (Wildman–Crippen LogP) is 4.64. The van der Waals surface area contributed by atoms with Gasteiger partial charge in [0.05, 0.1) is 0 Å². The van der Waals surface area contributed by atoms with Crippen LogP contribution < -0.4 is 5.32 Å². The first-order valence-electron chi connectivity index (χ1n) is 8.19. The van der Waals surface area contributed by atoms with Gasteiger partial charge in [-0.05, 0) is 31.4 Å². The monoisotopic (exact) mass is 398 g/mol. The van der Waals surface area contributed by atoms with Crippen molar-refractivity contribution in [2.24, 2.45) is 0 Å². The van der Waals surface area contributed by atoms with Gasteiger partial charge in [0, 0.05) is 21.5 Å². The van der Waals surface area contributed by atoms with Gasteiger partial charge in [0.2, 0.25) is 0 Å². The summed E-state index contributed by atoms with van der Waals surface area (Å²) < 4.78 is 5.07. The van der Waals surface area contributed by atoms with Crippen molar-refractivity contribution in [3.63, 3.8) is 0 Å². The van der Waals surface area contributed by atoms with E-state index in [-0.39, 0.29) is 12.3 Å². The molecule has 0 radical (unpaired) electrons. The standard InChI is InChI=1S/C20H18N2O3S2/c1-13-6-8-14(9-7-13)19-22-17(12-27-19)20(24)25-11-18(23)21-15-4-3-5-16(10-15)26-2/h3-10,12H,11H2,1-2H3,(H,21,23). The number of thioether (sulfide) groups is 1. The molecule has 138 valence electrons. The molecular formula is C20H18N2O3S2. The Bertz CT molecular complexity index is 952. The zero-order valence-corrected chi connectivity index (χ0v) is 16.5. The van der Waals surface area contributed by atoms with Crippen molar-refractivity contribution in [3.8, 4) is 10.6 Å². The van der Waals surface area contributed by atoms with Crippen molar-refractivity contribution in [1.82, 2.24) is 4.98 Å². The molecule has 0 spiro atoms. The minimum atomic E-state index is -0.613. The Morgan fingerprint density at radius 1 is 1.19 bits per heavy atom. The van der Waals surface area contributed by atoms with E-state index in [0.717, 1.165) is 21.0 Å². The minimum Gasteiger partial charge on any atom is -0.451 e. The summed E-state index contributed by atoms with van der Waals surface area (Å²) in [7, 11) is 0. The summed E-state index contributed by atoms with van der Waals surface area (Å²) in [4.78, 5) is 29.5. The van der Waals surface area contributed by atoms with E-state index in [2.05, 4.69) is 10.3 Å². The number of hydrogen-bond donors (Lipinski definition) is 1. The normalized spacial score (nSPS) is 10.4. The Balaban J connectivity index is 1.56. The number of thiazole rings is 1. The number of aromatic nitrogens is 1. The van der Waals surface area contributed by atoms with Crippen LogP contribution >= 0.6 is 23.1 Å². The second-order valence-electron chi connectivity index (χ2n) is 5.76. The summed E-state index contributed by atoms with van der Waals surface area (Å²) >= 11 is 2.95. The van der Waals surface area contributed by atoms with E-state index < -0.39 is 11.9 Å². The molecule has 0 atom stereocenters. The lowest BCUT2D eigenvalue weighted by atomic mass is 10.2. The Morgan fingerprint density at radius 2 is 1.96 bits per heavy atom. The molecule has 5 nitrogen and oxygen atoms in total. The van der Waals surface area contributed by atoms with Gasteiger partial charge >= 0.3 is 5.97 Å². The highest BCUT2D eigenvalue weighted by atomic mass is 32.2. The topological polar surface area (TPSA) is 68.3 Å². The minimum absolute atomic E-state index is 0.202. The van der Waals surface area contributed by atoms with Crippen molar-refractivity contribution in [3.05, 3.63) is 65.2 Å². The number of amides is 1. The van der Waals surface area contributed by atoms with E-state index in [9.17, 15) is 9.59 Å². The van der Waals surface area contributed by atoms with Gasteiger partial charge in [0.15, 0.2) is 12.3 Å². The molecular weight excluding hydrogens is 380 g/mol. The fourth-order valence-corrected chi connectivity index (χ4v) is 3.55. The maximum absolute atomic E-state index is 12.1. The highest BCUT2D eigenvalue weighted by Crippen LogP contribution is 2.24. The maximum Gasteiger partial charge on any atom is 0.358 e. The molecule has 3 aromatic rings. The van der Waals surface area contributed by atoms with E-state index in [4.69, 9.17) is 4.74 Å². The molecule has 0 bridgehead atoms. The lowest BCUT2D eigenvalue weighted by Crippen LogP contribution is -2.21. The van der Waals surface area contributed by atoms with Gasteiger partial charge in [-0.15, -0.1) is 23.1 Å². The second-order valence-corrected chi connectivity index (χ2v) is 7.50. The molecule has 27 heavy (non-hydrogen) atoms. The number of hydrogen-bond acceptors (Lipinski definition) is 6. The van der Waals surface area contributed by atoms with Crippen LogP contribution in [-0.4, -0.2) is 29.7 Å². The number of anilines is 1. The van der Waals surface area contributed by atoms with Gasteiger partial charge in [0.1, 0.15) is 5.01 Å². The molecule has 1 aromatic heterocycles. The quantitative estimate of drug-likeness (QED) is 0.484. The van der Waals surface area contributed by atoms with Gasteiger partial charge in [-0.2, -0.15) is 0 Å². The van der Waals surface area contributed by atoms with E-state index >= 15 is 0 Å². The predicted molar refractivity (Wildman–Crippen MR) is 109 cm³/mol. The molecule has 0 aliphatic carbocycles. The van der Waals surface area contributed by atoms with Gasteiger partial charge in [-0.3, -0.25) is 4.79 Å². The van der Waals surface area contributed by atoms with Gasteiger partial charge in [-0.25, -0.2) is 9.78 Å². The fourth-order valence-electron chi connectivity index (χ4n) is 2.30. The van der Waals surface area contributed by atoms with Crippen molar-refractivity contribution >= 4 is 40.7 Å². The average molecular weight is 399 g/mol. The number of ether oxygens (including phenoxy) is 1. The van der Waals surface area contributed by atoms with Crippen LogP contribution in [0, 0.1) is 6.92 Å². The van der Waals surface area contributed by atoms with Gasteiger partial charge < -0.3 is 10.1 Å². The van der Waals surface area contributed by atoms with Crippen molar-refractivity contribution in [2.45, 2.75) is 11.8 Å². The first-order chi connectivity index (χ1) is 13.0. The molecule has 0 aliphatic rings. The van der Waals surface area contributed by atoms with E-state index in [0.29, 0.717) is 5.69 Å². The lowest BCUT2D eigenvalue weighted by molar-refractivity contribution is -0.119. The number of carbonyl (C=O) groups excluding carboxylic acids is 2. The molecule has 1 N–H and O–H groups in total. The number of rotatable bonds is 6. The van der Waals surface area contributed by atoms with E-state index in [1.54, 1.807) is 23.2 Å². The molecule has 1 amide bonds. The Labute approximate surface area is 165 Å². The van der Waals surface area contributed by atoms with Crippen LogP contribution in [0.15, 0.2) is 58.8 Å². The van der Waals surface area contributed by atoms with Crippen molar-refractivity contribution < 1.29 is 14.3 Å². The zero-order chi connectivity index (χ0) is 19.2. The fraction of sp³-hybridized carbons (Fsp3) is 0.150. The molecule has 1 heterocycles. The molecule has 0 unspecified atom stereocenters. The number of nitrogens with zero attached hydrogens (tertiary/aromatic N) is 1. The third-order valence-corrected chi connectivity index (χ3v) is 5.32. The van der Waals surface area contributed by atoms with Crippen LogP contribution in [0.3, 0.4) is 0 Å². The number of esters is 1. The summed E-state index contributed by atoms with van der Waals surface area (Å²) in [6, 6.07) is 15.4. The van der Waals surface area contributed by atoms with Crippen LogP contribution in [0.4, 0.5) is 5.69 Å². The third-order valence-electron chi connectivity index (χ3n) is 3.70. The summed E-state index contributed by atoms with van der Waals surface area (Å²) in [5.74, 6) is -1.01. The Kier molecular flexibility index (Phi) is 6.26. The first kappa shape index (κ1) is 19.1. The number of aryl methyl sites for hydroxylation is 1. The zero-order valence-electron chi connectivity index (χ0n) is 14.9. The van der Waals surface area contributed by atoms with Crippen LogP contribution in [0.5, 0.6) is 0 Å². The second kappa shape index (κ2) is 8.83. The van der Waals surface area contributed by atoms with E-state index in [1.165, 1.54) is 11.3 Å². The maximum atomic E-state index is 12.1. The highest BCUT2D eigenvalue weighted by molar-refractivity contribution is 7.98. The summed E-state index contributed by atoms with van der Waals surface area (Å²) in [5, 5.41) is 5.09. The largest absolute Gasteiger partial charge is 0.451 e. The molecule has 0 fully saturated rings. The van der Waals surface area contributed by atoms with Gasteiger partial charge in [0.25, 0.3) is 5.91 Å². The molecule has 0 saturated carbocycles. The van der Waals surface area contributed by atoms with Crippen molar-refractivity contribution in [2.75, 3.05) is 18.2 Å². The van der Waals surface area contributed by atoms with Crippen molar-refractivity contribution in [1.29, 1.82) is 0 Å². The SMILES string of the molecule is CSc1cccc(NC(=O)COC(=O)c2csc(-c3ccc(C)cc3)n2)c1. The first-order valence-corrected chi connectivity index (χ1v) is 10.3. The smallest absolute Gasteiger partial charge is 0.358 e. The molecule has 0 saturated heterocycles. The Morgan fingerprint density at radius 3 is 2.70 bits per heavy atom. The molecule has 0 aliphatic heterocycles. The highest BCUT2D eigenvalue weighted by Gasteiger charge is 2.15.